The summed E-state index contributed by atoms with van der Waals surface area (Å²) in [6.45, 7) is 5.52. The van der Waals surface area contributed by atoms with E-state index in [-0.39, 0.29) is 6.04 Å². The van der Waals surface area contributed by atoms with Crippen LogP contribution in [0.5, 0.6) is 0 Å². The van der Waals surface area contributed by atoms with Crippen molar-refractivity contribution < 1.29 is 4.79 Å². The molecule has 3 rings (SSSR count). The second-order valence-corrected chi connectivity index (χ2v) is 5.95. The smallest absolute Gasteiger partial charge is 0.239 e. The van der Waals surface area contributed by atoms with Crippen molar-refractivity contribution in [1.82, 2.24) is 15.1 Å². The van der Waals surface area contributed by atoms with Crippen molar-refractivity contribution >= 4 is 5.91 Å². The third-order valence-corrected chi connectivity index (χ3v) is 4.79. The lowest BCUT2D eigenvalue weighted by Crippen LogP contribution is -2.50. The van der Waals surface area contributed by atoms with E-state index in [0.29, 0.717) is 5.91 Å². The van der Waals surface area contributed by atoms with Crippen molar-refractivity contribution in [3.63, 3.8) is 0 Å². The molecule has 4 heteroatoms. The largest absolute Gasteiger partial charge is 0.341 e. The van der Waals surface area contributed by atoms with Crippen LogP contribution in [0.15, 0.2) is 0 Å². The van der Waals surface area contributed by atoms with Crippen molar-refractivity contribution in [2.75, 3.05) is 32.7 Å². The first kappa shape index (κ1) is 12.4. The molecule has 0 saturated carbocycles. The number of likely N-dealkylation sites (tertiary alicyclic amines) is 2. The Balaban J connectivity index is 1.48. The highest BCUT2D eigenvalue weighted by Crippen LogP contribution is 2.22. The van der Waals surface area contributed by atoms with Crippen LogP contribution < -0.4 is 5.32 Å². The average molecular weight is 251 g/mol. The van der Waals surface area contributed by atoms with Crippen LogP contribution in [0.3, 0.4) is 0 Å². The minimum atomic E-state index is 0.119. The van der Waals surface area contributed by atoms with Crippen molar-refractivity contribution in [2.24, 2.45) is 0 Å². The molecule has 0 unspecified atom stereocenters. The van der Waals surface area contributed by atoms with E-state index < -0.39 is 0 Å². The zero-order chi connectivity index (χ0) is 12.4. The monoisotopic (exact) mass is 251 g/mol. The standard InChI is InChI=1S/C14H25N3O/c18-14(13-4-3-7-15-13)17-10-5-12(6-11-17)16-8-1-2-9-16/h12-13,15H,1-11H2/t13-/m1/s1. The van der Waals surface area contributed by atoms with Crippen molar-refractivity contribution in [3.8, 4) is 0 Å². The molecule has 18 heavy (non-hydrogen) atoms. The molecule has 0 aromatic heterocycles. The van der Waals surface area contributed by atoms with Crippen LogP contribution >= 0.6 is 0 Å². The Hall–Kier alpha value is -0.610. The number of rotatable bonds is 2. The van der Waals surface area contributed by atoms with Crippen LogP contribution in [-0.2, 0) is 4.79 Å². The van der Waals surface area contributed by atoms with Gasteiger partial charge in [-0.3, -0.25) is 4.79 Å². The highest BCUT2D eigenvalue weighted by atomic mass is 16.2. The van der Waals surface area contributed by atoms with Crippen LogP contribution in [0.4, 0.5) is 0 Å². The predicted molar refractivity (Wildman–Crippen MR) is 71.4 cm³/mol. The van der Waals surface area contributed by atoms with Gasteiger partial charge in [-0.25, -0.2) is 0 Å². The zero-order valence-electron chi connectivity index (χ0n) is 11.2. The second-order valence-electron chi connectivity index (χ2n) is 5.95. The molecule has 0 aromatic rings. The average Bonchev–Trinajstić information content (AvgIpc) is 3.11. The molecule has 3 heterocycles. The van der Waals surface area contributed by atoms with E-state index in [0.717, 1.165) is 38.5 Å². The number of piperidine rings is 1. The molecule has 0 aromatic carbocycles. The highest BCUT2D eigenvalue weighted by Gasteiger charge is 2.31. The number of nitrogens with one attached hydrogen (secondary N) is 1. The molecule has 1 amide bonds. The molecule has 3 aliphatic rings. The van der Waals surface area contributed by atoms with Gasteiger partial charge in [-0.1, -0.05) is 0 Å². The molecule has 1 atom stereocenters. The van der Waals surface area contributed by atoms with E-state index in [9.17, 15) is 4.79 Å². The van der Waals surface area contributed by atoms with Gasteiger partial charge in [0.2, 0.25) is 5.91 Å². The fourth-order valence-electron chi connectivity index (χ4n) is 3.67. The molecular formula is C14H25N3O. The first-order valence-electron chi connectivity index (χ1n) is 7.61. The van der Waals surface area contributed by atoms with Crippen molar-refractivity contribution in [2.45, 2.75) is 50.6 Å². The quantitative estimate of drug-likeness (QED) is 0.789. The molecule has 0 spiro atoms. The minimum absolute atomic E-state index is 0.119. The molecule has 1 N–H and O–H groups in total. The summed E-state index contributed by atoms with van der Waals surface area (Å²) < 4.78 is 0. The first-order valence-corrected chi connectivity index (χ1v) is 7.61. The summed E-state index contributed by atoms with van der Waals surface area (Å²) in [4.78, 5) is 17.0. The van der Waals surface area contributed by atoms with E-state index in [1.807, 2.05) is 0 Å². The lowest BCUT2D eigenvalue weighted by molar-refractivity contribution is -0.134. The summed E-state index contributed by atoms with van der Waals surface area (Å²) in [6, 6.07) is 0.862. The summed E-state index contributed by atoms with van der Waals surface area (Å²) >= 11 is 0. The second kappa shape index (κ2) is 5.57. The van der Waals surface area contributed by atoms with Crippen LogP contribution in [0.1, 0.15) is 38.5 Å². The van der Waals surface area contributed by atoms with Gasteiger partial charge in [0.15, 0.2) is 0 Å². The molecule has 0 bridgehead atoms. The van der Waals surface area contributed by atoms with Gasteiger partial charge in [-0.05, 0) is 58.2 Å². The normalized spacial score (nSPS) is 31.1. The Morgan fingerprint density at radius 2 is 1.67 bits per heavy atom. The molecule has 0 aliphatic carbocycles. The number of carbonyl (C=O) groups excluding carboxylic acids is 1. The molecule has 0 radical (unpaired) electrons. The van der Waals surface area contributed by atoms with Crippen molar-refractivity contribution in [1.29, 1.82) is 0 Å². The third kappa shape index (κ3) is 2.54. The number of hydrogen-bond acceptors (Lipinski definition) is 3. The van der Waals surface area contributed by atoms with Gasteiger partial charge in [0, 0.05) is 19.1 Å². The number of carbonyl (C=O) groups is 1. The van der Waals surface area contributed by atoms with Gasteiger partial charge in [0.25, 0.3) is 0 Å². The summed E-state index contributed by atoms with van der Waals surface area (Å²) in [5.74, 6) is 0.354. The Bertz CT molecular complexity index is 287. The zero-order valence-corrected chi connectivity index (χ0v) is 11.2. The summed E-state index contributed by atoms with van der Waals surface area (Å²) in [7, 11) is 0. The van der Waals surface area contributed by atoms with E-state index in [1.54, 1.807) is 0 Å². The lowest BCUT2D eigenvalue weighted by Gasteiger charge is -2.37. The van der Waals surface area contributed by atoms with Gasteiger partial charge in [0.1, 0.15) is 0 Å². The van der Waals surface area contributed by atoms with Crippen molar-refractivity contribution in [3.05, 3.63) is 0 Å². The van der Waals surface area contributed by atoms with E-state index in [4.69, 9.17) is 0 Å². The molecule has 102 valence electrons. The fraction of sp³-hybridized carbons (Fsp3) is 0.929. The Kier molecular flexibility index (Phi) is 3.85. The summed E-state index contributed by atoms with van der Waals surface area (Å²) in [5.41, 5.74) is 0. The van der Waals surface area contributed by atoms with E-state index in [1.165, 1.54) is 38.8 Å². The van der Waals surface area contributed by atoms with Gasteiger partial charge in [-0.2, -0.15) is 0 Å². The van der Waals surface area contributed by atoms with Crippen LogP contribution in [0.25, 0.3) is 0 Å². The summed E-state index contributed by atoms with van der Waals surface area (Å²) in [5, 5.41) is 3.32. The molecule has 3 aliphatic heterocycles. The number of hydrogen-bond donors (Lipinski definition) is 1. The topological polar surface area (TPSA) is 35.6 Å². The Labute approximate surface area is 110 Å². The minimum Gasteiger partial charge on any atom is -0.341 e. The maximum Gasteiger partial charge on any atom is 0.239 e. The fourth-order valence-corrected chi connectivity index (χ4v) is 3.67. The third-order valence-electron chi connectivity index (χ3n) is 4.79. The maximum absolute atomic E-state index is 12.3. The number of amides is 1. The predicted octanol–water partition coefficient (Wildman–Crippen LogP) is 0.825. The Morgan fingerprint density at radius 1 is 0.944 bits per heavy atom. The van der Waals surface area contributed by atoms with Gasteiger partial charge >= 0.3 is 0 Å². The molecule has 4 nitrogen and oxygen atoms in total. The van der Waals surface area contributed by atoms with Crippen LogP contribution in [0.2, 0.25) is 0 Å². The first-order chi connectivity index (χ1) is 8.84. The van der Waals surface area contributed by atoms with Crippen LogP contribution in [0, 0.1) is 0 Å². The molecule has 3 fully saturated rings. The summed E-state index contributed by atoms with van der Waals surface area (Å²) in [6.07, 6.45) is 7.28. The van der Waals surface area contributed by atoms with Gasteiger partial charge < -0.3 is 15.1 Å². The van der Waals surface area contributed by atoms with Crippen LogP contribution in [-0.4, -0.2) is 60.5 Å². The maximum atomic E-state index is 12.3. The SMILES string of the molecule is O=C([C@H]1CCCN1)N1CCC(N2CCCC2)CC1. The number of nitrogens with zero attached hydrogens (tertiary/aromatic N) is 2. The molecule has 3 saturated heterocycles. The van der Waals surface area contributed by atoms with E-state index in [2.05, 4.69) is 15.1 Å². The van der Waals surface area contributed by atoms with Gasteiger partial charge in [0.05, 0.1) is 6.04 Å². The highest BCUT2D eigenvalue weighted by molar-refractivity contribution is 5.82. The Morgan fingerprint density at radius 3 is 2.28 bits per heavy atom. The van der Waals surface area contributed by atoms with Gasteiger partial charge in [-0.15, -0.1) is 0 Å². The van der Waals surface area contributed by atoms with E-state index >= 15 is 0 Å². The lowest BCUT2D eigenvalue weighted by atomic mass is 10.0. The molecular weight excluding hydrogens is 226 g/mol.